The number of carboxylic acid groups (broad SMARTS) is 1. The van der Waals surface area contributed by atoms with Crippen LogP contribution in [0.2, 0.25) is 0 Å². The van der Waals surface area contributed by atoms with Gasteiger partial charge >= 0.3 is 5.97 Å². The summed E-state index contributed by atoms with van der Waals surface area (Å²) in [5, 5.41) is 8.94. The Morgan fingerprint density at radius 2 is 2.35 bits per heavy atom. The van der Waals surface area contributed by atoms with Crippen LogP contribution in [-0.4, -0.2) is 29.1 Å². The lowest BCUT2D eigenvalue weighted by Crippen LogP contribution is -2.26. The predicted octanol–water partition coefficient (Wildman–Crippen LogP) is 2.29. The molecule has 1 saturated heterocycles. The number of halogens is 1. The molecule has 2 rings (SSSR count). The summed E-state index contributed by atoms with van der Waals surface area (Å²) in [6, 6.07) is 6.56. The van der Waals surface area contributed by atoms with E-state index in [1.54, 1.807) is 6.07 Å². The van der Waals surface area contributed by atoms with Gasteiger partial charge in [-0.2, -0.15) is 0 Å². The first kappa shape index (κ1) is 12.0. The first-order chi connectivity index (χ1) is 8.08. The Bertz CT molecular complexity index is 422. The van der Waals surface area contributed by atoms with Gasteiger partial charge in [-0.1, -0.05) is 12.1 Å². The van der Waals surface area contributed by atoms with Crippen molar-refractivity contribution >= 4 is 5.97 Å². The van der Waals surface area contributed by atoms with Crippen LogP contribution in [0.5, 0.6) is 0 Å². The van der Waals surface area contributed by atoms with Crippen molar-refractivity contribution in [1.82, 2.24) is 4.90 Å². The number of benzene rings is 1. The van der Waals surface area contributed by atoms with E-state index in [1.165, 1.54) is 12.1 Å². The van der Waals surface area contributed by atoms with Gasteiger partial charge in [0, 0.05) is 12.6 Å². The smallest absolute Gasteiger partial charge is 0.307 e. The zero-order valence-electron chi connectivity index (χ0n) is 9.77. The van der Waals surface area contributed by atoms with Gasteiger partial charge in [-0.3, -0.25) is 9.69 Å². The highest BCUT2D eigenvalue weighted by molar-refractivity contribution is 5.70. The number of rotatable bonds is 3. The highest BCUT2D eigenvalue weighted by Gasteiger charge is 2.30. The largest absolute Gasteiger partial charge is 0.481 e. The number of carboxylic acids is 1. The standard InChI is InChI=1S/C13H16FNO2/c1-9(10-3-2-4-12(14)7-10)15-6-5-11(8-15)13(16)17/h2-4,7,9,11H,5-6,8H2,1H3,(H,16,17)/t9-,11-/m1/s1. The van der Waals surface area contributed by atoms with Crippen molar-refractivity contribution in [3.8, 4) is 0 Å². The van der Waals surface area contributed by atoms with Crippen molar-refractivity contribution in [2.75, 3.05) is 13.1 Å². The molecule has 0 radical (unpaired) electrons. The molecule has 17 heavy (non-hydrogen) atoms. The van der Waals surface area contributed by atoms with Crippen LogP contribution in [0.25, 0.3) is 0 Å². The second-order valence-corrected chi connectivity index (χ2v) is 4.55. The minimum Gasteiger partial charge on any atom is -0.481 e. The molecule has 0 amide bonds. The van der Waals surface area contributed by atoms with Gasteiger partial charge < -0.3 is 5.11 Å². The minimum absolute atomic E-state index is 0.0649. The average molecular weight is 237 g/mol. The Hall–Kier alpha value is -1.42. The molecular formula is C13H16FNO2. The van der Waals surface area contributed by atoms with E-state index in [4.69, 9.17) is 5.11 Å². The fourth-order valence-electron chi connectivity index (χ4n) is 2.32. The Morgan fingerprint density at radius 3 is 2.94 bits per heavy atom. The van der Waals surface area contributed by atoms with E-state index >= 15 is 0 Å². The first-order valence-corrected chi connectivity index (χ1v) is 5.80. The molecule has 0 saturated carbocycles. The molecule has 0 aliphatic carbocycles. The normalized spacial score (nSPS) is 22.6. The molecule has 1 heterocycles. The molecule has 0 spiro atoms. The third-order valence-electron chi connectivity index (χ3n) is 3.45. The van der Waals surface area contributed by atoms with Crippen LogP contribution >= 0.6 is 0 Å². The molecule has 1 aromatic carbocycles. The molecule has 0 aromatic heterocycles. The van der Waals surface area contributed by atoms with Crippen LogP contribution in [0.1, 0.15) is 24.9 Å². The number of likely N-dealkylation sites (tertiary alicyclic amines) is 1. The molecule has 1 aromatic rings. The molecule has 4 heteroatoms. The summed E-state index contributed by atoms with van der Waals surface area (Å²) in [6.45, 7) is 3.29. The Balaban J connectivity index is 2.06. The van der Waals surface area contributed by atoms with Crippen molar-refractivity contribution in [2.24, 2.45) is 5.92 Å². The maximum absolute atomic E-state index is 13.1. The fraction of sp³-hybridized carbons (Fsp3) is 0.462. The van der Waals surface area contributed by atoms with Gasteiger partial charge in [0.05, 0.1) is 5.92 Å². The highest BCUT2D eigenvalue weighted by atomic mass is 19.1. The van der Waals surface area contributed by atoms with E-state index in [-0.39, 0.29) is 17.8 Å². The molecular weight excluding hydrogens is 221 g/mol. The fourth-order valence-corrected chi connectivity index (χ4v) is 2.32. The van der Waals surface area contributed by atoms with Gasteiger partial charge in [-0.25, -0.2) is 4.39 Å². The summed E-state index contributed by atoms with van der Waals surface area (Å²) < 4.78 is 13.1. The maximum atomic E-state index is 13.1. The number of carbonyl (C=O) groups is 1. The molecule has 1 N–H and O–H groups in total. The third kappa shape index (κ3) is 2.64. The summed E-state index contributed by atoms with van der Waals surface area (Å²) in [5.41, 5.74) is 0.899. The third-order valence-corrected chi connectivity index (χ3v) is 3.45. The number of nitrogens with zero attached hydrogens (tertiary/aromatic N) is 1. The van der Waals surface area contributed by atoms with Crippen LogP contribution < -0.4 is 0 Å². The first-order valence-electron chi connectivity index (χ1n) is 5.80. The average Bonchev–Trinajstić information content (AvgIpc) is 2.77. The molecule has 1 fully saturated rings. The second kappa shape index (κ2) is 4.84. The second-order valence-electron chi connectivity index (χ2n) is 4.55. The van der Waals surface area contributed by atoms with Gasteiger partial charge in [0.2, 0.25) is 0 Å². The Kier molecular flexibility index (Phi) is 3.43. The zero-order valence-corrected chi connectivity index (χ0v) is 9.77. The predicted molar refractivity (Wildman–Crippen MR) is 62.1 cm³/mol. The summed E-state index contributed by atoms with van der Waals surface area (Å²) in [7, 11) is 0. The van der Waals surface area contributed by atoms with Gasteiger partial charge in [0.25, 0.3) is 0 Å². The van der Waals surface area contributed by atoms with E-state index in [2.05, 4.69) is 4.90 Å². The van der Waals surface area contributed by atoms with Crippen molar-refractivity contribution in [3.63, 3.8) is 0 Å². The molecule has 3 nitrogen and oxygen atoms in total. The van der Waals surface area contributed by atoms with Gasteiger partial charge in [-0.15, -0.1) is 0 Å². The molecule has 2 atom stereocenters. The topological polar surface area (TPSA) is 40.5 Å². The van der Waals surface area contributed by atoms with Crippen molar-refractivity contribution in [1.29, 1.82) is 0 Å². The lowest BCUT2D eigenvalue weighted by molar-refractivity contribution is -0.141. The zero-order chi connectivity index (χ0) is 12.4. The SMILES string of the molecule is C[C@H](c1cccc(F)c1)N1CC[C@@H](C(=O)O)C1. The summed E-state index contributed by atoms with van der Waals surface area (Å²) in [5.74, 6) is -1.27. The molecule has 92 valence electrons. The van der Waals surface area contributed by atoms with Crippen LogP contribution in [0.4, 0.5) is 4.39 Å². The van der Waals surface area contributed by atoms with Gasteiger partial charge in [-0.05, 0) is 37.6 Å². The molecule has 1 aliphatic rings. The van der Waals surface area contributed by atoms with Crippen LogP contribution in [0.15, 0.2) is 24.3 Å². The van der Waals surface area contributed by atoms with Gasteiger partial charge in [0.1, 0.15) is 5.82 Å². The Morgan fingerprint density at radius 1 is 1.59 bits per heavy atom. The van der Waals surface area contributed by atoms with Crippen LogP contribution in [0.3, 0.4) is 0 Å². The van der Waals surface area contributed by atoms with Crippen LogP contribution in [-0.2, 0) is 4.79 Å². The Labute approximate surface area is 99.9 Å². The number of aliphatic carboxylic acids is 1. The highest BCUT2D eigenvalue weighted by Crippen LogP contribution is 2.27. The number of hydrogen-bond donors (Lipinski definition) is 1. The monoisotopic (exact) mass is 237 g/mol. The van der Waals surface area contributed by atoms with E-state index in [9.17, 15) is 9.18 Å². The van der Waals surface area contributed by atoms with Gasteiger partial charge in [0.15, 0.2) is 0 Å². The van der Waals surface area contributed by atoms with E-state index in [0.29, 0.717) is 13.0 Å². The molecule has 0 unspecified atom stereocenters. The summed E-state index contributed by atoms with van der Waals surface area (Å²) in [4.78, 5) is 13.0. The summed E-state index contributed by atoms with van der Waals surface area (Å²) in [6.07, 6.45) is 0.676. The minimum atomic E-state index is -0.737. The number of hydrogen-bond acceptors (Lipinski definition) is 2. The van der Waals surface area contributed by atoms with E-state index in [1.807, 2.05) is 13.0 Å². The quantitative estimate of drug-likeness (QED) is 0.876. The maximum Gasteiger partial charge on any atom is 0.307 e. The van der Waals surface area contributed by atoms with E-state index < -0.39 is 5.97 Å². The van der Waals surface area contributed by atoms with E-state index in [0.717, 1.165) is 12.1 Å². The lowest BCUT2D eigenvalue weighted by atomic mass is 10.1. The van der Waals surface area contributed by atoms with Crippen molar-refractivity contribution < 1.29 is 14.3 Å². The summed E-state index contributed by atoms with van der Waals surface area (Å²) >= 11 is 0. The van der Waals surface area contributed by atoms with Crippen LogP contribution in [0, 0.1) is 11.7 Å². The molecule has 1 aliphatic heterocycles. The molecule has 0 bridgehead atoms. The van der Waals surface area contributed by atoms with Crippen molar-refractivity contribution in [3.05, 3.63) is 35.6 Å². The van der Waals surface area contributed by atoms with Crippen molar-refractivity contribution in [2.45, 2.75) is 19.4 Å². The lowest BCUT2D eigenvalue weighted by Gasteiger charge is -2.24.